The second-order valence-corrected chi connectivity index (χ2v) is 9.11. The van der Waals surface area contributed by atoms with Gasteiger partial charge < -0.3 is 24.6 Å². The van der Waals surface area contributed by atoms with Gasteiger partial charge in [0.15, 0.2) is 0 Å². The second-order valence-electron chi connectivity index (χ2n) is 6.96. The Morgan fingerprint density at radius 3 is 2.47 bits per heavy atom. The van der Waals surface area contributed by atoms with Gasteiger partial charge in [-0.05, 0) is 37.3 Å². The minimum atomic E-state index is -3.57. The Balaban J connectivity index is 1.84. The van der Waals surface area contributed by atoms with E-state index in [1.165, 1.54) is 18.4 Å². The van der Waals surface area contributed by atoms with Crippen LogP contribution in [0.15, 0.2) is 45.8 Å². The highest BCUT2D eigenvalue weighted by atomic mass is 32.2. The Hall–Kier alpha value is -3.31. The van der Waals surface area contributed by atoms with Gasteiger partial charge in [0.1, 0.15) is 11.5 Å². The molecule has 0 unspecified atom stereocenters. The van der Waals surface area contributed by atoms with Crippen molar-refractivity contribution in [3.63, 3.8) is 0 Å². The summed E-state index contributed by atoms with van der Waals surface area (Å²) < 4.78 is 42.2. The van der Waals surface area contributed by atoms with Crippen molar-refractivity contribution < 1.29 is 22.4 Å². The van der Waals surface area contributed by atoms with Gasteiger partial charge in [0.05, 0.1) is 42.6 Å². The summed E-state index contributed by atoms with van der Waals surface area (Å²) in [5, 5.41) is 10.4. The van der Waals surface area contributed by atoms with Crippen molar-refractivity contribution in [2.75, 3.05) is 45.5 Å². The molecule has 0 fully saturated rings. The Kier molecular flexibility index (Phi) is 7.21. The van der Waals surface area contributed by atoms with Gasteiger partial charge in [0.2, 0.25) is 21.7 Å². The Morgan fingerprint density at radius 2 is 1.81 bits per heavy atom. The molecule has 0 atom stereocenters. The normalized spacial score (nSPS) is 11.4. The first-order valence-electron chi connectivity index (χ1n) is 9.89. The van der Waals surface area contributed by atoms with E-state index < -0.39 is 10.0 Å². The summed E-state index contributed by atoms with van der Waals surface area (Å²) in [6.45, 7) is 2.84. The summed E-state index contributed by atoms with van der Waals surface area (Å²) in [5.74, 6) is 1.92. The molecule has 0 bridgehead atoms. The molecule has 3 aromatic rings. The molecule has 172 valence electrons. The van der Waals surface area contributed by atoms with E-state index >= 15 is 0 Å². The van der Waals surface area contributed by atoms with Crippen LogP contribution in [0.1, 0.15) is 12.8 Å². The molecule has 1 heterocycles. The van der Waals surface area contributed by atoms with Crippen LogP contribution in [-0.2, 0) is 16.6 Å². The Labute approximate surface area is 187 Å². The van der Waals surface area contributed by atoms with Crippen molar-refractivity contribution in [3.8, 4) is 22.9 Å². The molecule has 11 heteroatoms. The van der Waals surface area contributed by atoms with Gasteiger partial charge in [-0.15, -0.1) is 0 Å². The summed E-state index contributed by atoms with van der Waals surface area (Å²) in [6, 6.07) is 10.2. The maximum Gasteiger partial charge on any atom is 0.246 e. The zero-order valence-corrected chi connectivity index (χ0v) is 19.5. The van der Waals surface area contributed by atoms with Gasteiger partial charge in [0, 0.05) is 26.7 Å². The number of rotatable bonds is 10. The van der Waals surface area contributed by atoms with E-state index in [9.17, 15) is 8.42 Å². The maximum absolute atomic E-state index is 12.5. The third-order valence-corrected chi connectivity index (χ3v) is 6.50. The summed E-state index contributed by atoms with van der Waals surface area (Å²) in [7, 11) is 2.55. The largest absolute Gasteiger partial charge is 0.497 e. The van der Waals surface area contributed by atoms with Crippen LogP contribution in [0.3, 0.4) is 0 Å². The van der Waals surface area contributed by atoms with Crippen molar-refractivity contribution in [3.05, 3.63) is 42.3 Å². The standard InChI is InChI=1S/C21H27N5O5S/c1-6-22-17-10-8-15(32(27,28)26(2)3)12-18(17)23-13-20-24-21(25-31-20)16-9-7-14(29-4)11-19(16)30-5/h7-12,22-23H,6,13H2,1-5H3. The highest BCUT2D eigenvalue weighted by Gasteiger charge is 2.19. The fraction of sp³-hybridized carbons (Fsp3) is 0.333. The van der Waals surface area contributed by atoms with Crippen LogP contribution in [0.2, 0.25) is 0 Å². The molecule has 10 nitrogen and oxygen atoms in total. The number of nitrogens with one attached hydrogen (secondary N) is 2. The van der Waals surface area contributed by atoms with Crippen LogP contribution in [0, 0.1) is 0 Å². The first-order chi connectivity index (χ1) is 15.3. The van der Waals surface area contributed by atoms with Gasteiger partial charge >= 0.3 is 0 Å². The number of aromatic nitrogens is 2. The lowest BCUT2D eigenvalue weighted by Crippen LogP contribution is -2.22. The van der Waals surface area contributed by atoms with Crippen LogP contribution in [0.25, 0.3) is 11.4 Å². The van der Waals surface area contributed by atoms with Gasteiger partial charge in [-0.3, -0.25) is 0 Å². The summed E-state index contributed by atoms with van der Waals surface area (Å²) in [6.07, 6.45) is 0. The number of ether oxygens (including phenoxy) is 2. The molecule has 1 aromatic heterocycles. The molecular weight excluding hydrogens is 434 g/mol. The second kappa shape index (κ2) is 9.88. The SMILES string of the molecule is CCNc1ccc(S(=O)(=O)N(C)C)cc1NCc1nc(-c2ccc(OC)cc2OC)no1. The average Bonchev–Trinajstić information content (AvgIpc) is 3.26. The molecule has 32 heavy (non-hydrogen) atoms. The summed E-state index contributed by atoms with van der Waals surface area (Å²) in [5.41, 5.74) is 2.04. The third-order valence-electron chi connectivity index (χ3n) is 4.68. The van der Waals surface area contributed by atoms with E-state index in [0.29, 0.717) is 41.0 Å². The molecule has 0 spiro atoms. The smallest absolute Gasteiger partial charge is 0.246 e. The van der Waals surface area contributed by atoms with Crippen LogP contribution < -0.4 is 20.1 Å². The van der Waals surface area contributed by atoms with Gasteiger partial charge in [-0.2, -0.15) is 4.98 Å². The number of hydrogen-bond acceptors (Lipinski definition) is 9. The number of benzene rings is 2. The summed E-state index contributed by atoms with van der Waals surface area (Å²) >= 11 is 0. The monoisotopic (exact) mass is 461 g/mol. The van der Waals surface area contributed by atoms with E-state index in [0.717, 1.165) is 5.69 Å². The zero-order chi connectivity index (χ0) is 23.3. The number of sulfonamides is 1. The van der Waals surface area contributed by atoms with Crippen molar-refractivity contribution in [1.82, 2.24) is 14.4 Å². The predicted octanol–water partition coefficient (Wildman–Crippen LogP) is 3.05. The average molecular weight is 462 g/mol. The molecule has 0 aliphatic heterocycles. The molecule has 0 aliphatic carbocycles. The molecule has 0 saturated heterocycles. The first kappa shape index (κ1) is 23.4. The van der Waals surface area contributed by atoms with E-state index in [2.05, 4.69) is 20.8 Å². The predicted molar refractivity (Wildman–Crippen MR) is 122 cm³/mol. The lowest BCUT2D eigenvalue weighted by atomic mass is 10.2. The molecule has 0 saturated carbocycles. The van der Waals surface area contributed by atoms with E-state index in [4.69, 9.17) is 14.0 Å². The van der Waals surface area contributed by atoms with Crippen LogP contribution in [0.4, 0.5) is 11.4 Å². The topological polar surface area (TPSA) is 119 Å². The molecule has 0 radical (unpaired) electrons. The van der Waals surface area contributed by atoms with E-state index in [1.807, 2.05) is 6.92 Å². The highest BCUT2D eigenvalue weighted by molar-refractivity contribution is 7.89. The molecule has 2 N–H and O–H groups in total. The number of anilines is 2. The first-order valence-corrected chi connectivity index (χ1v) is 11.3. The van der Waals surface area contributed by atoms with Crippen molar-refractivity contribution in [1.29, 1.82) is 0 Å². The fourth-order valence-corrected chi connectivity index (χ4v) is 3.90. The minimum Gasteiger partial charge on any atom is -0.497 e. The van der Waals surface area contributed by atoms with Crippen LogP contribution in [0.5, 0.6) is 11.5 Å². The molecule has 3 rings (SSSR count). The Morgan fingerprint density at radius 1 is 1.03 bits per heavy atom. The van der Waals surface area contributed by atoms with Crippen molar-refractivity contribution in [2.24, 2.45) is 0 Å². The van der Waals surface area contributed by atoms with E-state index in [-0.39, 0.29) is 11.4 Å². The molecule has 0 aliphatic rings. The van der Waals surface area contributed by atoms with Crippen molar-refractivity contribution >= 4 is 21.4 Å². The minimum absolute atomic E-state index is 0.181. The fourth-order valence-electron chi connectivity index (χ4n) is 2.98. The van der Waals surface area contributed by atoms with Gasteiger partial charge in [-0.25, -0.2) is 12.7 Å². The third kappa shape index (κ3) is 4.94. The number of nitrogens with zero attached hydrogens (tertiary/aromatic N) is 3. The number of hydrogen-bond donors (Lipinski definition) is 2. The van der Waals surface area contributed by atoms with Gasteiger partial charge in [-0.1, -0.05) is 5.16 Å². The maximum atomic E-state index is 12.5. The van der Waals surface area contributed by atoms with E-state index in [1.54, 1.807) is 50.6 Å². The summed E-state index contributed by atoms with van der Waals surface area (Å²) in [4.78, 5) is 4.61. The van der Waals surface area contributed by atoms with Crippen LogP contribution in [-0.4, -0.2) is 57.7 Å². The van der Waals surface area contributed by atoms with Crippen molar-refractivity contribution in [2.45, 2.75) is 18.4 Å². The molecule has 0 amide bonds. The lowest BCUT2D eigenvalue weighted by Gasteiger charge is -2.16. The lowest BCUT2D eigenvalue weighted by molar-refractivity contribution is 0.382. The number of methoxy groups -OCH3 is 2. The molecular formula is C21H27N5O5S. The van der Waals surface area contributed by atoms with Crippen LogP contribution >= 0.6 is 0 Å². The van der Waals surface area contributed by atoms with Gasteiger partial charge in [0.25, 0.3) is 0 Å². The quantitative estimate of drug-likeness (QED) is 0.469. The highest BCUT2D eigenvalue weighted by Crippen LogP contribution is 2.32. The molecule has 2 aromatic carbocycles. The Bertz CT molecular complexity index is 1180. The zero-order valence-electron chi connectivity index (χ0n) is 18.7.